The summed E-state index contributed by atoms with van der Waals surface area (Å²) in [7, 11) is 0. The first-order chi connectivity index (χ1) is 11.8. The number of benzene rings is 1. The maximum Gasteiger partial charge on any atom is 0.433 e. The summed E-state index contributed by atoms with van der Waals surface area (Å²) >= 11 is 0. The molecular formula is C16H14N2O7. The summed E-state index contributed by atoms with van der Waals surface area (Å²) in [6.07, 6.45) is -1.16. The van der Waals surface area contributed by atoms with E-state index in [2.05, 4.69) is 5.32 Å². The van der Waals surface area contributed by atoms with Crippen LogP contribution in [0.15, 0.2) is 40.8 Å². The van der Waals surface area contributed by atoms with E-state index in [0.29, 0.717) is 11.3 Å². The maximum absolute atomic E-state index is 12.0. The van der Waals surface area contributed by atoms with Crippen molar-refractivity contribution in [1.82, 2.24) is 0 Å². The fourth-order valence-electron chi connectivity index (χ4n) is 1.84. The molecule has 0 bridgehead atoms. The van der Waals surface area contributed by atoms with Crippen LogP contribution in [0.25, 0.3) is 0 Å². The second-order valence-corrected chi connectivity index (χ2v) is 5.07. The van der Waals surface area contributed by atoms with Crippen molar-refractivity contribution >= 4 is 29.2 Å². The molecule has 0 fully saturated rings. The quantitative estimate of drug-likeness (QED) is 0.368. The fourth-order valence-corrected chi connectivity index (χ4v) is 1.84. The highest BCUT2D eigenvalue weighted by molar-refractivity contribution is 5.98. The molecule has 130 valence electrons. The number of furan rings is 1. The Labute approximate surface area is 141 Å². The smallest absolute Gasteiger partial charge is 0.433 e. The summed E-state index contributed by atoms with van der Waals surface area (Å²) in [4.78, 5) is 44.7. The number of rotatable bonds is 6. The summed E-state index contributed by atoms with van der Waals surface area (Å²) in [5.74, 6) is -2.69. The molecule has 0 aliphatic rings. The Bertz CT molecular complexity index is 823. The molecule has 1 N–H and O–H groups in total. The molecule has 0 saturated carbocycles. The zero-order valence-electron chi connectivity index (χ0n) is 13.3. The molecule has 0 aliphatic carbocycles. The predicted molar refractivity (Wildman–Crippen MR) is 85.3 cm³/mol. The largest absolute Gasteiger partial charge is 0.447 e. The average molecular weight is 346 g/mol. The van der Waals surface area contributed by atoms with Gasteiger partial charge in [-0.25, -0.2) is 4.79 Å². The lowest BCUT2D eigenvalue weighted by Gasteiger charge is -2.12. The van der Waals surface area contributed by atoms with Crippen LogP contribution < -0.4 is 5.32 Å². The van der Waals surface area contributed by atoms with Crippen molar-refractivity contribution < 1.29 is 28.5 Å². The number of nitrogens with zero attached hydrogens (tertiary/aromatic N) is 1. The Morgan fingerprint density at radius 2 is 1.80 bits per heavy atom. The molecule has 1 aromatic heterocycles. The molecule has 1 amide bonds. The number of anilines is 1. The van der Waals surface area contributed by atoms with Crippen LogP contribution in [0.3, 0.4) is 0 Å². The van der Waals surface area contributed by atoms with E-state index in [1.54, 1.807) is 24.3 Å². The highest BCUT2D eigenvalue weighted by Gasteiger charge is 2.23. The van der Waals surface area contributed by atoms with E-state index >= 15 is 0 Å². The van der Waals surface area contributed by atoms with Gasteiger partial charge in [0.2, 0.25) is 5.76 Å². The van der Waals surface area contributed by atoms with Crippen LogP contribution in [0.4, 0.5) is 11.6 Å². The maximum atomic E-state index is 12.0. The van der Waals surface area contributed by atoms with Crippen LogP contribution >= 0.6 is 0 Å². The third-order valence-corrected chi connectivity index (χ3v) is 3.18. The van der Waals surface area contributed by atoms with Gasteiger partial charge in [-0.2, -0.15) is 0 Å². The van der Waals surface area contributed by atoms with Gasteiger partial charge in [0.25, 0.3) is 5.91 Å². The van der Waals surface area contributed by atoms with Gasteiger partial charge in [-0.05, 0) is 44.2 Å². The van der Waals surface area contributed by atoms with Gasteiger partial charge in [-0.15, -0.1) is 0 Å². The van der Waals surface area contributed by atoms with Gasteiger partial charge >= 0.3 is 11.9 Å². The molecule has 9 nitrogen and oxygen atoms in total. The summed E-state index contributed by atoms with van der Waals surface area (Å²) in [6, 6.07) is 8.29. The number of nitrogens with one attached hydrogen (secondary N) is 1. The van der Waals surface area contributed by atoms with E-state index in [1.165, 1.54) is 13.8 Å². The molecule has 0 aliphatic heterocycles. The molecule has 2 aromatic rings. The third-order valence-electron chi connectivity index (χ3n) is 3.18. The van der Waals surface area contributed by atoms with E-state index < -0.39 is 28.8 Å². The van der Waals surface area contributed by atoms with E-state index in [1.807, 2.05) is 0 Å². The minimum atomic E-state index is -1.16. The van der Waals surface area contributed by atoms with Crippen LogP contribution in [0.1, 0.15) is 34.8 Å². The van der Waals surface area contributed by atoms with Crippen LogP contribution in [0, 0.1) is 10.1 Å². The van der Waals surface area contributed by atoms with E-state index in [-0.39, 0.29) is 11.5 Å². The summed E-state index contributed by atoms with van der Waals surface area (Å²) in [5.41, 5.74) is 0.920. The highest BCUT2D eigenvalue weighted by atomic mass is 16.7. The number of carbonyl (C=O) groups is 3. The van der Waals surface area contributed by atoms with Crippen LogP contribution in [0.2, 0.25) is 0 Å². The molecular weight excluding hydrogens is 332 g/mol. The lowest BCUT2D eigenvalue weighted by Crippen LogP contribution is -2.29. The molecule has 1 aromatic carbocycles. The molecule has 9 heteroatoms. The fraction of sp³-hybridized carbons (Fsp3) is 0.188. The van der Waals surface area contributed by atoms with Gasteiger partial charge in [0.1, 0.15) is 4.92 Å². The Morgan fingerprint density at radius 1 is 1.16 bits per heavy atom. The van der Waals surface area contributed by atoms with E-state index in [4.69, 9.17) is 9.15 Å². The first kappa shape index (κ1) is 17.9. The highest BCUT2D eigenvalue weighted by Crippen LogP contribution is 2.17. The molecule has 0 unspecified atom stereocenters. The lowest BCUT2D eigenvalue weighted by atomic mass is 10.1. The van der Waals surface area contributed by atoms with Gasteiger partial charge in [-0.3, -0.25) is 19.7 Å². The van der Waals surface area contributed by atoms with Crippen molar-refractivity contribution in [3.8, 4) is 0 Å². The average Bonchev–Trinajstić information content (AvgIpc) is 3.05. The number of ether oxygens (including phenoxy) is 1. The van der Waals surface area contributed by atoms with Crippen molar-refractivity contribution in [3.05, 3.63) is 57.8 Å². The van der Waals surface area contributed by atoms with Gasteiger partial charge in [0, 0.05) is 11.3 Å². The molecule has 25 heavy (non-hydrogen) atoms. The molecule has 1 heterocycles. The van der Waals surface area contributed by atoms with Gasteiger partial charge in [0.05, 0.1) is 6.07 Å². The molecule has 2 rings (SSSR count). The second-order valence-electron chi connectivity index (χ2n) is 5.07. The van der Waals surface area contributed by atoms with Gasteiger partial charge < -0.3 is 14.5 Å². The first-order valence-corrected chi connectivity index (χ1v) is 7.15. The Kier molecular flexibility index (Phi) is 5.28. The minimum Gasteiger partial charge on any atom is -0.447 e. The molecule has 0 saturated heterocycles. The van der Waals surface area contributed by atoms with E-state index in [9.17, 15) is 24.5 Å². The number of hydrogen-bond acceptors (Lipinski definition) is 7. The number of carbonyl (C=O) groups excluding carboxylic acids is 3. The van der Waals surface area contributed by atoms with E-state index in [0.717, 1.165) is 12.1 Å². The van der Waals surface area contributed by atoms with Crippen LogP contribution in [0.5, 0.6) is 0 Å². The summed E-state index contributed by atoms with van der Waals surface area (Å²) in [6.45, 7) is 2.77. The number of ketones is 1. The molecule has 1 atom stereocenters. The third kappa shape index (κ3) is 4.50. The SMILES string of the molecule is CC(=O)c1ccc(NC(=O)[C@@H](C)OC(=O)c2ccc([N+](=O)[O-])o2)cc1. The van der Waals surface area contributed by atoms with Crippen molar-refractivity contribution in [2.24, 2.45) is 0 Å². The Balaban J connectivity index is 1.95. The summed E-state index contributed by atoms with van der Waals surface area (Å²) in [5, 5.41) is 13.0. The van der Waals surface area contributed by atoms with Crippen molar-refractivity contribution in [3.63, 3.8) is 0 Å². The minimum absolute atomic E-state index is 0.104. The normalized spacial score (nSPS) is 11.4. The summed E-state index contributed by atoms with van der Waals surface area (Å²) < 4.78 is 9.61. The molecule has 0 spiro atoms. The second kappa shape index (κ2) is 7.39. The Morgan fingerprint density at radius 3 is 2.32 bits per heavy atom. The van der Waals surface area contributed by atoms with Crippen molar-refractivity contribution in [2.45, 2.75) is 20.0 Å². The topological polar surface area (TPSA) is 129 Å². The lowest BCUT2D eigenvalue weighted by molar-refractivity contribution is -0.402. The first-order valence-electron chi connectivity index (χ1n) is 7.15. The number of nitro groups is 1. The Hall–Kier alpha value is -3.49. The number of Topliss-reactive ketones (excluding diaryl/α,β-unsaturated/α-hetero) is 1. The van der Waals surface area contributed by atoms with Crippen LogP contribution in [-0.2, 0) is 9.53 Å². The van der Waals surface area contributed by atoms with Crippen molar-refractivity contribution in [1.29, 1.82) is 0 Å². The van der Waals surface area contributed by atoms with Gasteiger partial charge in [-0.1, -0.05) is 0 Å². The number of esters is 1. The molecule has 0 radical (unpaired) electrons. The standard InChI is InChI=1S/C16H14N2O7/c1-9(19)11-3-5-12(6-4-11)17-15(20)10(2)24-16(21)13-7-8-14(25-13)18(22)23/h3-8,10H,1-2H3,(H,17,20)/t10-/m1/s1. The number of hydrogen-bond donors (Lipinski definition) is 1. The predicted octanol–water partition coefficient (Wildman–Crippen LogP) is 2.57. The van der Waals surface area contributed by atoms with Gasteiger partial charge in [0.15, 0.2) is 11.9 Å². The number of amides is 1. The monoisotopic (exact) mass is 346 g/mol. The van der Waals surface area contributed by atoms with Crippen molar-refractivity contribution in [2.75, 3.05) is 5.32 Å². The zero-order chi connectivity index (χ0) is 18.6. The zero-order valence-corrected chi connectivity index (χ0v) is 13.3. The van der Waals surface area contributed by atoms with Crippen LogP contribution in [-0.4, -0.2) is 28.7 Å².